The van der Waals surface area contributed by atoms with Crippen LogP contribution in [0.4, 0.5) is 0 Å². The molecule has 0 radical (unpaired) electrons. The normalized spacial score (nSPS) is 43.6. The van der Waals surface area contributed by atoms with Gasteiger partial charge in [-0.05, 0) is 33.6 Å². The van der Waals surface area contributed by atoms with Crippen LogP contribution >= 0.6 is 0 Å². The van der Waals surface area contributed by atoms with Gasteiger partial charge < -0.3 is 0 Å². The SMILES string of the molecule is CC(C)=CCCC(C)=CC1N2CC3(C)CN1CC(C)(C2)C3=O. The quantitative estimate of drug-likeness (QED) is 0.745. The van der Waals surface area contributed by atoms with E-state index in [4.69, 9.17) is 0 Å². The predicted molar refractivity (Wildman–Crippen MR) is 90.6 cm³/mol. The number of hydrogen-bond acceptors (Lipinski definition) is 3. The number of hydrogen-bond donors (Lipinski definition) is 0. The largest absolute Gasteiger partial charge is 0.298 e. The monoisotopic (exact) mass is 302 g/mol. The fourth-order valence-corrected chi connectivity index (χ4v) is 4.76. The average Bonchev–Trinajstić information content (AvgIpc) is 2.38. The van der Waals surface area contributed by atoms with E-state index in [0.29, 0.717) is 11.9 Å². The molecule has 0 aromatic rings. The topological polar surface area (TPSA) is 23.6 Å². The number of ketones is 1. The second-order valence-corrected chi connectivity index (χ2v) is 8.51. The number of allylic oxidation sites excluding steroid dienone is 3. The first-order chi connectivity index (χ1) is 10.2. The van der Waals surface area contributed by atoms with Crippen LogP contribution in [-0.2, 0) is 4.79 Å². The Balaban J connectivity index is 1.73. The predicted octanol–water partition coefficient (Wildman–Crippen LogP) is 3.23. The van der Waals surface area contributed by atoms with Crippen molar-refractivity contribution in [1.29, 1.82) is 0 Å². The minimum atomic E-state index is -0.147. The van der Waals surface area contributed by atoms with Gasteiger partial charge in [0.05, 0.1) is 17.0 Å². The maximum atomic E-state index is 12.7. The third kappa shape index (κ3) is 2.59. The van der Waals surface area contributed by atoms with E-state index in [2.05, 4.69) is 56.6 Å². The summed E-state index contributed by atoms with van der Waals surface area (Å²) < 4.78 is 0. The zero-order valence-corrected chi connectivity index (χ0v) is 14.8. The summed E-state index contributed by atoms with van der Waals surface area (Å²) in [5.41, 5.74) is 2.57. The van der Waals surface area contributed by atoms with Gasteiger partial charge in [-0.3, -0.25) is 14.6 Å². The van der Waals surface area contributed by atoms with Crippen molar-refractivity contribution >= 4 is 5.78 Å². The van der Waals surface area contributed by atoms with Gasteiger partial charge in [0.1, 0.15) is 5.78 Å². The van der Waals surface area contributed by atoms with Crippen molar-refractivity contribution in [2.75, 3.05) is 26.2 Å². The van der Waals surface area contributed by atoms with E-state index in [9.17, 15) is 4.79 Å². The highest BCUT2D eigenvalue weighted by molar-refractivity contribution is 5.92. The highest BCUT2D eigenvalue weighted by Gasteiger charge is 2.61. The molecule has 0 aliphatic carbocycles. The molecule has 22 heavy (non-hydrogen) atoms. The summed E-state index contributed by atoms with van der Waals surface area (Å²) in [6.45, 7) is 14.6. The number of carbonyl (C=O) groups excluding carboxylic acids is 1. The average molecular weight is 302 g/mol. The summed E-state index contributed by atoms with van der Waals surface area (Å²) in [6.07, 6.45) is 7.42. The maximum Gasteiger partial charge on any atom is 0.149 e. The van der Waals surface area contributed by atoms with Crippen molar-refractivity contribution in [2.45, 2.75) is 53.6 Å². The maximum absolute atomic E-state index is 12.7. The number of carbonyl (C=O) groups is 1. The Bertz CT molecular complexity index is 502. The van der Waals surface area contributed by atoms with Crippen LogP contribution in [0.5, 0.6) is 0 Å². The lowest BCUT2D eigenvalue weighted by atomic mass is 9.62. The van der Waals surface area contributed by atoms with Gasteiger partial charge in [0.15, 0.2) is 0 Å². The van der Waals surface area contributed by atoms with Crippen molar-refractivity contribution in [3.8, 4) is 0 Å². The van der Waals surface area contributed by atoms with E-state index in [1.807, 2.05) is 0 Å². The Hall–Kier alpha value is -0.930. The summed E-state index contributed by atoms with van der Waals surface area (Å²) in [6, 6.07) is 0. The van der Waals surface area contributed by atoms with Gasteiger partial charge in [-0.15, -0.1) is 0 Å². The summed E-state index contributed by atoms with van der Waals surface area (Å²) in [5, 5.41) is 0. The van der Waals surface area contributed by atoms with Crippen molar-refractivity contribution in [2.24, 2.45) is 10.8 Å². The van der Waals surface area contributed by atoms with Crippen LogP contribution in [0.2, 0.25) is 0 Å². The van der Waals surface area contributed by atoms with Crippen LogP contribution < -0.4 is 0 Å². The van der Waals surface area contributed by atoms with Gasteiger partial charge in [0.25, 0.3) is 0 Å². The number of nitrogens with zero attached hydrogens (tertiary/aromatic N) is 2. The lowest BCUT2D eigenvalue weighted by Crippen LogP contribution is -2.77. The molecule has 4 rings (SSSR count). The third-order valence-corrected chi connectivity index (χ3v) is 5.58. The zero-order chi connectivity index (χ0) is 16.1. The van der Waals surface area contributed by atoms with Crippen molar-refractivity contribution in [3.63, 3.8) is 0 Å². The zero-order valence-electron chi connectivity index (χ0n) is 14.8. The second-order valence-electron chi connectivity index (χ2n) is 8.51. The van der Waals surface area contributed by atoms with Gasteiger partial charge >= 0.3 is 0 Å². The van der Waals surface area contributed by atoms with E-state index in [-0.39, 0.29) is 10.8 Å². The van der Waals surface area contributed by atoms with Gasteiger partial charge in [-0.1, -0.05) is 37.1 Å². The fraction of sp³-hybridized carbons (Fsp3) is 0.737. The minimum Gasteiger partial charge on any atom is -0.298 e. The fourth-order valence-electron chi connectivity index (χ4n) is 4.76. The summed E-state index contributed by atoms with van der Waals surface area (Å²) in [4.78, 5) is 17.7. The molecule has 4 saturated heterocycles. The summed E-state index contributed by atoms with van der Waals surface area (Å²) in [7, 11) is 0. The van der Waals surface area contributed by atoms with E-state index in [1.165, 1.54) is 11.1 Å². The van der Waals surface area contributed by atoms with E-state index >= 15 is 0 Å². The van der Waals surface area contributed by atoms with Gasteiger partial charge in [0, 0.05) is 26.2 Å². The third-order valence-electron chi connectivity index (χ3n) is 5.58. The molecule has 0 aromatic heterocycles. The molecule has 0 spiro atoms. The van der Waals surface area contributed by atoms with E-state index in [1.54, 1.807) is 0 Å². The first kappa shape index (κ1) is 15.9. The number of piperidine rings is 2. The number of Topliss-reactive ketones (excluding diaryl/α,β-unsaturated/α-hetero) is 1. The van der Waals surface area contributed by atoms with Gasteiger partial charge in [-0.2, -0.15) is 0 Å². The Labute approximate surface area is 135 Å². The first-order valence-electron chi connectivity index (χ1n) is 8.57. The van der Waals surface area contributed by atoms with Crippen LogP contribution in [0.1, 0.15) is 47.5 Å². The molecule has 3 heteroatoms. The lowest BCUT2D eigenvalue weighted by Gasteiger charge is -2.64. The smallest absolute Gasteiger partial charge is 0.149 e. The Morgan fingerprint density at radius 2 is 1.59 bits per heavy atom. The van der Waals surface area contributed by atoms with Crippen molar-refractivity contribution in [1.82, 2.24) is 9.80 Å². The molecule has 0 saturated carbocycles. The first-order valence-corrected chi connectivity index (χ1v) is 8.57. The Kier molecular flexibility index (Phi) is 3.85. The Morgan fingerprint density at radius 1 is 1.09 bits per heavy atom. The molecule has 0 aromatic carbocycles. The molecule has 4 aliphatic rings. The van der Waals surface area contributed by atoms with Crippen LogP contribution in [0, 0.1) is 10.8 Å². The molecule has 4 aliphatic heterocycles. The van der Waals surface area contributed by atoms with Crippen molar-refractivity contribution in [3.05, 3.63) is 23.3 Å². The standard InChI is InChI=1S/C19H30N2O/c1-14(2)7-6-8-15(3)9-16-20-10-18(4)11-21(16)13-19(5,12-20)17(18)22/h7,9,16H,6,8,10-13H2,1-5H3. The second kappa shape index (κ2) is 5.31. The lowest BCUT2D eigenvalue weighted by molar-refractivity contribution is -0.188. The molecule has 3 nitrogen and oxygen atoms in total. The molecule has 4 bridgehead atoms. The molecule has 0 N–H and O–H groups in total. The van der Waals surface area contributed by atoms with Crippen LogP contribution in [0.3, 0.4) is 0 Å². The van der Waals surface area contributed by atoms with Crippen LogP contribution in [-0.4, -0.2) is 47.9 Å². The molecule has 4 fully saturated rings. The Morgan fingerprint density at radius 3 is 2.05 bits per heavy atom. The summed E-state index contributed by atoms with van der Waals surface area (Å²) in [5.74, 6) is 0.496. The highest BCUT2D eigenvalue weighted by atomic mass is 16.1. The number of rotatable bonds is 4. The van der Waals surface area contributed by atoms with Crippen LogP contribution in [0.15, 0.2) is 23.3 Å². The molecular formula is C19H30N2O. The summed E-state index contributed by atoms with van der Waals surface area (Å²) >= 11 is 0. The van der Waals surface area contributed by atoms with Gasteiger partial charge in [0.2, 0.25) is 0 Å². The molecule has 0 unspecified atom stereocenters. The minimum absolute atomic E-state index is 0.147. The van der Waals surface area contributed by atoms with Crippen LogP contribution in [0.25, 0.3) is 0 Å². The molecule has 0 atom stereocenters. The molecule has 4 heterocycles. The van der Waals surface area contributed by atoms with E-state index < -0.39 is 0 Å². The van der Waals surface area contributed by atoms with E-state index in [0.717, 1.165) is 39.0 Å². The molecule has 0 amide bonds. The molecule has 122 valence electrons. The van der Waals surface area contributed by atoms with Gasteiger partial charge in [-0.25, -0.2) is 0 Å². The highest BCUT2D eigenvalue weighted by Crippen LogP contribution is 2.48. The van der Waals surface area contributed by atoms with Crippen molar-refractivity contribution < 1.29 is 4.79 Å². The molecular weight excluding hydrogens is 272 g/mol.